The minimum Gasteiger partial charge on any atom is -0.294 e. The van der Waals surface area contributed by atoms with E-state index in [0.29, 0.717) is 0 Å². The third-order valence-corrected chi connectivity index (χ3v) is 7.01. The molecule has 0 saturated heterocycles. The van der Waals surface area contributed by atoms with E-state index in [1.54, 1.807) is 0 Å². The van der Waals surface area contributed by atoms with Gasteiger partial charge in [0.25, 0.3) is 0 Å². The fraction of sp³-hybridized carbons (Fsp3) is 0.0645. The Morgan fingerprint density at radius 3 is 1.55 bits per heavy atom. The minimum atomic E-state index is 0.945. The van der Waals surface area contributed by atoms with Crippen molar-refractivity contribution in [1.29, 1.82) is 0 Å². The van der Waals surface area contributed by atoms with Crippen LogP contribution in [-0.4, -0.2) is 4.98 Å². The van der Waals surface area contributed by atoms with E-state index in [4.69, 9.17) is 4.98 Å². The number of nitrogens with zero attached hydrogens (tertiary/aromatic N) is 2. The number of fused-ring (bicyclic) bond motifs is 6. The predicted octanol–water partition coefficient (Wildman–Crippen LogP) is 7.69. The highest BCUT2D eigenvalue weighted by Gasteiger charge is 2.28. The lowest BCUT2D eigenvalue weighted by Gasteiger charge is -2.28. The SMILES string of the molecule is c1ccc(N(c2cccc3c2Cc2ccccc2-3)c2cccc3c2Cc2ccccc2-3)nc1. The Hall–Kier alpha value is -4.17. The van der Waals surface area contributed by atoms with Crippen LogP contribution < -0.4 is 4.90 Å². The van der Waals surface area contributed by atoms with E-state index in [2.05, 4.69) is 102 Å². The molecule has 0 atom stereocenters. The Bertz CT molecular complexity index is 1420. The molecule has 4 aromatic carbocycles. The molecule has 0 saturated carbocycles. The normalized spacial score (nSPS) is 12.6. The maximum Gasteiger partial charge on any atom is 0.137 e. The summed E-state index contributed by atoms with van der Waals surface area (Å²) in [5.74, 6) is 0.950. The summed E-state index contributed by atoms with van der Waals surface area (Å²) in [5.41, 5.74) is 13.3. The molecule has 156 valence electrons. The fourth-order valence-electron chi connectivity index (χ4n) is 5.56. The zero-order valence-electron chi connectivity index (χ0n) is 18.2. The highest BCUT2D eigenvalue weighted by molar-refractivity contribution is 5.91. The molecule has 1 heterocycles. The smallest absolute Gasteiger partial charge is 0.137 e. The second-order valence-corrected chi connectivity index (χ2v) is 8.80. The van der Waals surface area contributed by atoms with Gasteiger partial charge in [0, 0.05) is 19.0 Å². The molecule has 0 spiro atoms. The van der Waals surface area contributed by atoms with Gasteiger partial charge in [-0.15, -0.1) is 0 Å². The lowest BCUT2D eigenvalue weighted by molar-refractivity contribution is 1.12. The molecular formula is C31H22N2. The number of pyridine rings is 1. The quantitative estimate of drug-likeness (QED) is 0.290. The molecule has 33 heavy (non-hydrogen) atoms. The summed E-state index contributed by atoms with van der Waals surface area (Å²) >= 11 is 0. The number of hydrogen-bond acceptors (Lipinski definition) is 2. The van der Waals surface area contributed by atoms with Crippen LogP contribution >= 0.6 is 0 Å². The van der Waals surface area contributed by atoms with E-state index in [-0.39, 0.29) is 0 Å². The first-order valence-corrected chi connectivity index (χ1v) is 11.5. The molecule has 0 amide bonds. The first kappa shape index (κ1) is 18.4. The Labute approximate surface area is 193 Å². The molecule has 0 radical (unpaired) electrons. The van der Waals surface area contributed by atoms with E-state index >= 15 is 0 Å². The van der Waals surface area contributed by atoms with Gasteiger partial charge >= 0.3 is 0 Å². The van der Waals surface area contributed by atoms with Crippen LogP contribution in [-0.2, 0) is 12.8 Å². The van der Waals surface area contributed by atoms with E-state index in [1.807, 2.05) is 12.3 Å². The van der Waals surface area contributed by atoms with Crippen LogP contribution in [0, 0.1) is 0 Å². The molecule has 0 fully saturated rings. The van der Waals surface area contributed by atoms with Gasteiger partial charge in [0.15, 0.2) is 0 Å². The van der Waals surface area contributed by atoms with Gasteiger partial charge in [0.2, 0.25) is 0 Å². The minimum absolute atomic E-state index is 0.945. The molecule has 0 aliphatic heterocycles. The van der Waals surface area contributed by atoms with Crippen LogP contribution in [0.4, 0.5) is 17.2 Å². The van der Waals surface area contributed by atoms with Gasteiger partial charge < -0.3 is 0 Å². The van der Waals surface area contributed by atoms with Gasteiger partial charge in [-0.25, -0.2) is 4.98 Å². The maximum absolute atomic E-state index is 4.81. The average Bonchev–Trinajstić information content (AvgIpc) is 3.44. The summed E-state index contributed by atoms with van der Waals surface area (Å²) in [7, 11) is 0. The topological polar surface area (TPSA) is 16.1 Å². The number of aromatic nitrogens is 1. The molecule has 2 aliphatic carbocycles. The number of benzene rings is 4. The van der Waals surface area contributed by atoms with Crippen molar-refractivity contribution in [3.8, 4) is 22.3 Å². The van der Waals surface area contributed by atoms with Crippen molar-refractivity contribution in [1.82, 2.24) is 4.98 Å². The van der Waals surface area contributed by atoms with Crippen LogP contribution in [0.1, 0.15) is 22.3 Å². The summed E-state index contributed by atoms with van der Waals surface area (Å²) in [4.78, 5) is 7.18. The van der Waals surface area contributed by atoms with Crippen molar-refractivity contribution in [3.05, 3.63) is 132 Å². The summed E-state index contributed by atoms with van der Waals surface area (Å²) < 4.78 is 0. The molecule has 5 aromatic rings. The molecule has 2 nitrogen and oxygen atoms in total. The summed E-state index contributed by atoms with van der Waals surface area (Å²) in [6.07, 6.45) is 3.78. The molecule has 0 N–H and O–H groups in total. The van der Waals surface area contributed by atoms with E-state index in [9.17, 15) is 0 Å². The Balaban J connectivity index is 1.47. The molecule has 0 bridgehead atoms. The summed E-state index contributed by atoms with van der Waals surface area (Å²) in [6.45, 7) is 0. The molecule has 2 aliphatic rings. The third kappa shape index (κ3) is 2.77. The fourth-order valence-corrected chi connectivity index (χ4v) is 5.56. The molecule has 7 rings (SSSR count). The van der Waals surface area contributed by atoms with Crippen molar-refractivity contribution in [2.24, 2.45) is 0 Å². The Kier molecular flexibility index (Phi) is 4.00. The lowest BCUT2D eigenvalue weighted by Crippen LogP contribution is -2.15. The van der Waals surface area contributed by atoms with Crippen molar-refractivity contribution in [3.63, 3.8) is 0 Å². The van der Waals surface area contributed by atoms with Gasteiger partial charge in [-0.05, 0) is 68.8 Å². The monoisotopic (exact) mass is 422 g/mol. The van der Waals surface area contributed by atoms with Crippen molar-refractivity contribution < 1.29 is 0 Å². The average molecular weight is 423 g/mol. The van der Waals surface area contributed by atoms with Gasteiger partial charge in [-0.2, -0.15) is 0 Å². The largest absolute Gasteiger partial charge is 0.294 e. The number of anilines is 3. The molecule has 0 unspecified atom stereocenters. The standard InChI is InChI=1S/C31H22N2/c1-3-11-23-21(9-1)19-27-25(23)13-7-15-29(27)33(31-17-5-6-18-32-31)30-16-8-14-26-24-12-4-2-10-22(24)20-28(26)30/h1-18H,19-20H2. The van der Waals surface area contributed by atoms with E-state index in [0.717, 1.165) is 18.7 Å². The highest BCUT2D eigenvalue weighted by atomic mass is 15.2. The van der Waals surface area contributed by atoms with Gasteiger partial charge in [-0.3, -0.25) is 4.90 Å². The first-order chi connectivity index (χ1) is 16.4. The van der Waals surface area contributed by atoms with E-state index < -0.39 is 0 Å². The number of hydrogen-bond donors (Lipinski definition) is 0. The summed E-state index contributed by atoms with van der Waals surface area (Å²) in [6, 6.07) is 37.1. The van der Waals surface area contributed by atoms with Crippen LogP contribution in [0.5, 0.6) is 0 Å². The first-order valence-electron chi connectivity index (χ1n) is 11.5. The molecular weight excluding hydrogens is 400 g/mol. The second kappa shape index (κ2) is 7.18. The molecule has 2 heteroatoms. The lowest BCUT2D eigenvalue weighted by atomic mass is 10.0. The highest BCUT2D eigenvalue weighted by Crippen LogP contribution is 2.48. The van der Waals surface area contributed by atoms with Gasteiger partial charge in [0.1, 0.15) is 5.82 Å². The van der Waals surface area contributed by atoms with Crippen LogP contribution in [0.25, 0.3) is 22.3 Å². The third-order valence-electron chi connectivity index (χ3n) is 7.01. The Morgan fingerprint density at radius 2 is 1.00 bits per heavy atom. The number of rotatable bonds is 3. The summed E-state index contributed by atoms with van der Waals surface area (Å²) in [5, 5.41) is 0. The van der Waals surface area contributed by atoms with Crippen LogP contribution in [0.15, 0.2) is 109 Å². The van der Waals surface area contributed by atoms with Gasteiger partial charge in [0.05, 0.1) is 11.4 Å². The van der Waals surface area contributed by atoms with Crippen molar-refractivity contribution in [2.45, 2.75) is 12.8 Å². The Morgan fingerprint density at radius 1 is 0.485 bits per heavy atom. The maximum atomic E-state index is 4.81. The van der Waals surface area contributed by atoms with Crippen molar-refractivity contribution in [2.75, 3.05) is 4.90 Å². The van der Waals surface area contributed by atoms with E-state index in [1.165, 1.54) is 55.9 Å². The zero-order chi connectivity index (χ0) is 21.8. The van der Waals surface area contributed by atoms with Crippen LogP contribution in [0.2, 0.25) is 0 Å². The van der Waals surface area contributed by atoms with Crippen LogP contribution in [0.3, 0.4) is 0 Å². The van der Waals surface area contributed by atoms with Crippen molar-refractivity contribution >= 4 is 17.2 Å². The van der Waals surface area contributed by atoms with Gasteiger partial charge in [-0.1, -0.05) is 78.9 Å². The zero-order valence-corrected chi connectivity index (χ0v) is 18.2. The predicted molar refractivity (Wildman–Crippen MR) is 135 cm³/mol. The molecule has 1 aromatic heterocycles. The second-order valence-electron chi connectivity index (χ2n) is 8.80.